The normalized spacial score (nSPS) is 13.2. The quantitative estimate of drug-likeness (QED) is 0.196. The molecule has 2 aromatic heterocycles. The Balaban J connectivity index is 1.29. The van der Waals surface area contributed by atoms with Gasteiger partial charge < -0.3 is 4.57 Å². The summed E-state index contributed by atoms with van der Waals surface area (Å²) < 4.78 is 2.33. The van der Waals surface area contributed by atoms with Crippen molar-refractivity contribution in [3.8, 4) is 51.0 Å². The van der Waals surface area contributed by atoms with Crippen molar-refractivity contribution in [2.45, 2.75) is 19.3 Å². The van der Waals surface area contributed by atoms with Gasteiger partial charge in [0.1, 0.15) is 0 Å². The first-order valence-electron chi connectivity index (χ1n) is 15.8. The van der Waals surface area contributed by atoms with Crippen molar-refractivity contribution in [2.75, 3.05) is 0 Å². The van der Waals surface area contributed by atoms with Crippen molar-refractivity contribution in [3.05, 3.63) is 156 Å². The van der Waals surface area contributed by atoms with E-state index in [1.165, 1.54) is 33.0 Å². The number of fused-ring (bicyclic) bond motifs is 7. The van der Waals surface area contributed by atoms with E-state index in [1.807, 2.05) is 72.8 Å². The highest BCUT2D eigenvalue weighted by atomic mass is 35.5. The Morgan fingerprint density at radius 3 is 1.83 bits per heavy atom. The van der Waals surface area contributed by atoms with Crippen LogP contribution in [-0.4, -0.2) is 19.5 Å². The molecular formula is C42H29ClN4. The standard InChI is InChI=1S/C42H29ClN4/c1-42(2)33-19-11-9-17-31(33)37-34(42)21-22-36-38(37)32-18-10-12-20-35(32)47(36)30-24-28(23-29(43)25-30)41-45-39(26-13-5-3-6-14-26)44-40(46-41)27-15-7-4-8-16-27/h3-25H,1-2H3. The predicted octanol–water partition coefficient (Wildman–Crippen LogP) is 10.9. The van der Waals surface area contributed by atoms with Gasteiger partial charge >= 0.3 is 0 Å². The molecule has 47 heavy (non-hydrogen) atoms. The molecular weight excluding hydrogens is 596 g/mol. The number of halogens is 1. The van der Waals surface area contributed by atoms with E-state index in [4.69, 9.17) is 26.6 Å². The number of aromatic nitrogens is 4. The van der Waals surface area contributed by atoms with Crippen molar-refractivity contribution in [2.24, 2.45) is 0 Å². The fourth-order valence-electron chi connectivity index (χ4n) is 7.30. The third-order valence-corrected chi connectivity index (χ3v) is 9.70. The maximum Gasteiger partial charge on any atom is 0.164 e. The molecule has 8 aromatic rings. The Morgan fingerprint density at radius 1 is 0.532 bits per heavy atom. The monoisotopic (exact) mass is 624 g/mol. The van der Waals surface area contributed by atoms with E-state index < -0.39 is 0 Å². The lowest BCUT2D eigenvalue weighted by Gasteiger charge is -2.21. The first kappa shape index (κ1) is 27.7. The topological polar surface area (TPSA) is 43.6 Å². The zero-order valence-electron chi connectivity index (χ0n) is 25.9. The highest BCUT2D eigenvalue weighted by Gasteiger charge is 2.37. The van der Waals surface area contributed by atoms with Gasteiger partial charge in [0, 0.05) is 43.6 Å². The molecule has 0 spiro atoms. The molecule has 1 aliphatic carbocycles. The first-order chi connectivity index (χ1) is 23.0. The van der Waals surface area contributed by atoms with E-state index in [2.05, 4.69) is 85.1 Å². The van der Waals surface area contributed by atoms with Gasteiger partial charge in [-0.05, 0) is 52.6 Å². The summed E-state index contributed by atoms with van der Waals surface area (Å²) in [6, 6.07) is 48.2. The Kier molecular flexibility index (Phi) is 6.18. The van der Waals surface area contributed by atoms with Gasteiger partial charge in [0.05, 0.1) is 11.0 Å². The molecule has 224 valence electrons. The summed E-state index contributed by atoms with van der Waals surface area (Å²) in [7, 11) is 0. The van der Waals surface area contributed by atoms with Crippen molar-refractivity contribution in [1.29, 1.82) is 0 Å². The van der Waals surface area contributed by atoms with E-state index >= 15 is 0 Å². The van der Waals surface area contributed by atoms with Gasteiger partial charge in [-0.15, -0.1) is 0 Å². The van der Waals surface area contributed by atoms with Crippen LogP contribution in [0.2, 0.25) is 5.02 Å². The average Bonchev–Trinajstić information content (AvgIpc) is 3.57. The number of nitrogens with zero attached hydrogens (tertiary/aromatic N) is 4. The third kappa shape index (κ3) is 4.33. The molecule has 9 rings (SSSR count). The second-order valence-electron chi connectivity index (χ2n) is 12.6. The maximum atomic E-state index is 6.95. The number of hydrogen-bond donors (Lipinski definition) is 0. The van der Waals surface area contributed by atoms with Crippen molar-refractivity contribution < 1.29 is 0 Å². The van der Waals surface area contributed by atoms with Crippen molar-refractivity contribution in [3.63, 3.8) is 0 Å². The fourth-order valence-corrected chi connectivity index (χ4v) is 7.53. The Bertz CT molecular complexity index is 2440. The van der Waals surface area contributed by atoms with Gasteiger partial charge in [-0.25, -0.2) is 15.0 Å². The van der Waals surface area contributed by atoms with Gasteiger partial charge in [0.15, 0.2) is 17.5 Å². The molecule has 0 bridgehead atoms. The minimum Gasteiger partial charge on any atom is -0.309 e. The molecule has 0 unspecified atom stereocenters. The van der Waals surface area contributed by atoms with Crippen molar-refractivity contribution in [1.82, 2.24) is 19.5 Å². The van der Waals surface area contributed by atoms with Crippen LogP contribution in [0.15, 0.2) is 140 Å². The molecule has 0 amide bonds. The Morgan fingerprint density at radius 2 is 1.13 bits per heavy atom. The molecule has 0 fully saturated rings. The van der Waals surface area contributed by atoms with Crippen LogP contribution in [-0.2, 0) is 5.41 Å². The largest absolute Gasteiger partial charge is 0.309 e. The summed E-state index contributed by atoms with van der Waals surface area (Å²) >= 11 is 6.95. The highest BCUT2D eigenvalue weighted by Crippen LogP contribution is 2.53. The number of benzene rings is 6. The molecule has 1 aliphatic rings. The first-order valence-corrected chi connectivity index (χ1v) is 16.2. The molecule has 6 aromatic carbocycles. The number of para-hydroxylation sites is 1. The van der Waals surface area contributed by atoms with E-state index in [1.54, 1.807) is 0 Å². The lowest BCUT2D eigenvalue weighted by Crippen LogP contribution is -2.14. The van der Waals surface area contributed by atoms with E-state index in [0.717, 1.165) is 33.4 Å². The smallest absolute Gasteiger partial charge is 0.164 e. The molecule has 4 nitrogen and oxygen atoms in total. The Labute approximate surface area is 278 Å². The molecule has 0 radical (unpaired) electrons. The Hall–Kier alpha value is -5.58. The SMILES string of the molecule is CC1(C)c2ccccc2-c2c1ccc1c2c2ccccc2n1-c1cc(Cl)cc(-c2nc(-c3ccccc3)nc(-c3ccccc3)n2)c1. The second-order valence-corrected chi connectivity index (χ2v) is 13.1. The van der Waals surface area contributed by atoms with Crippen LogP contribution >= 0.6 is 11.6 Å². The average molecular weight is 625 g/mol. The zero-order chi connectivity index (χ0) is 31.7. The zero-order valence-corrected chi connectivity index (χ0v) is 26.7. The van der Waals surface area contributed by atoms with Gasteiger partial charge in [-0.2, -0.15) is 0 Å². The van der Waals surface area contributed by atoms with E-state index in [9.17, 15) is 0 Å². The summed E-state index contributed by atoms with van der Waals surface area (Å²) in [5.74, 6) is 1.80. The van der Waals surface area contributed by atoms with Crippen LogP contribution in [0.1, 0.15) is 25.0 Å². The van der Waals surface area contributed by atoms with Crippen LogP contribution in [0.5, 0.6) is 0 Å². The van der Waals surface area contributed by atoms with Gasteiger partial charge in [0.2, 0.25) is 0 Å². The van der Waals surface area contributed by atoms with Crippen LogP contribution in [0.25, 0.3) is 72.8 Å². The predicted molar refractivity (Wildman–Crippen MR) is 193 cm³/mol. The minimum absolute atomic E-state index is 0.0852. The molecule has 0 N–H and O–H groups in total. The number of rotatable bonds is 4. The summed E-state index contributed by atoms with van der Waals surface area (Å²) in [5.41, 5.74) is 11.1. The highest BCUT2D eigenvalue weighted by molar-refractivity contribution is 6.31. The lowest BCUT2D eigenvalue weighted by atomic mass is 9.82. The van der Waals surface area contributed by atoms with Crippen LogP contribution < -0.4 is 0 Å². The van der Waals surface area contributed by atoms with E-state index in [-0.39, 0.29) is 5.41 Å². The van der Waals surface area contributed by atoms with Gasteiger partial charge in [-0.3, -0.25) is 0 Å². The molecule has 2 heterocycles. The second kappa shape index (κ2) is 10.5. The molecule has 0 saturated heterocycles. The number of hydrogen-bond acceptors (Lipinski definition) is 3. The third-order valence-electron chi connectivity index (χ3n) is 9.48. The summed E-state index contributed by atoms with van der Waals surface area (Å²) in [5, 5.41) is 3.08. The fraction of sp³-hybridized carbons (Fsp3) is 0.0714. The molecule has 0 aliphatic heterocycles. The summed E-state index contributed by atoms with van der Waals surface area (Å²) in [4.78, 5) is 14.9. The molecule has 5 heteroatoms. The minimum atomic E-state index is -0.0852. The van der Waals surface area contributed by atoms with Crippen LogP contribution in [0.4, 0.5) is 0 Å². The van der Waals surface area contributed by atoms with E-state index in [0.29, 0.717) is 22.5 Å². The van der Waals surface area contributed by atoms with Gasteiger partial charge in [0.25, 0.3) is 0 Å². The summed E-state index contributed by atoms with van der Waals surface area (Å²) in [6.45, 7) is 4.65. The molecule has 0 saturated carbocycles. The van der Waals surface area contributed by atoms with Crippen LogP contribution in [0, 0.1) is 0 Å². The lowest BCUT2D eigenvalue weighted by molar-refractivity contribution is 0.661. The maximum absolute atomic E-state index is 6.95. The van der Waals surface area contributed by atoms with Gasteiger partial charge in [-0.1, -0.05) is 135 Å². The summed E-state index contributed by atoms with van der Waals surface area (Å²) in [6.07, 6.45) is 0. The molecule has 0 atom stereocenters. The van der Waals surface area contributed by atoms with Crippen molar-refractivity contribution >= 4 is 33.4 Å². The van der Waals surface area contributed by atoms with Crippen LogP contribution in [0.3, 0.4) is 0 Å².